The molecule has 3 heterocycles. The minimum atomic E-state index is 0.251. The molecular formula is C16H22N4OS. The van der Waals surface area contributed by atoms with E-state index in [1.54, 1.807) is 11.3 Å². The largest absolute Gasteiger partial charge is 0.338 e. The molecule has 3 rings (SSSR count). The van der Waals surface area contributed by atoms with Crippen LogP contribution in [0.5, 0.6) is 0 Å². The molecule has 0 saturated carbocycles. The zero-order chi connectivity index (χ0) is 15.4. The third kappa shape index (κ3) is 3.74. The van der Waals surface area contributed by atoms with E-state index in [1.807, 2.05) is 34.9 Å². The first-order chi connectivity index (χ1) is 10.7. The average molecular weight is 318 g/mol. The highest BCUT2D eigenvalue weighted by Gasteiger charge is 2.26. The van der Waals surface area contributed by atoms with Crippen LogP contribution in [0.2, 0.25) is 0 Å². The summed E-state index contributed by atoms with van der Waals surface area (Å²) in [6.45, 7) is 3.72. The Kier molecular flexibility index (Phi) is 4.87. The number of amides is 1. The van der Waals surface area contributed by atoms with Crippen LogP contribution in [0.3, 0.4) is 0 Å². The molecule has 0 bridgehead atoms. The molecule has 1 atom stereocenters. The number of likely N-dealkylation sites (tertiary alicyclic amines) is 1. The minimum absolute atomic E-state index is 0.251. The predicted molar refractivity (Wildman–Crippen MR) is 86.8 cm³/mol. The van der Waals surface area contributed by atoms with Gasteiger partial charge in [0, 0.05) is 24.5 Å². The van der Waals surface area contributed by atoms with Gasteiger partial charge in [-0.15, -0.1) is 11.3 Å². The van der Waals surface area contributed by atoms with E-state index in [0.29, 0.717) is 6.42 Å². The van der Waals surface area contributed by atoms with Crippen molar-refractivity contribution in [3.8, 4) is 0 Å². The molecule has 1 saturated heterocycles. The number of aryl methyl sites for hydroxylation is 2. The number of hydrogen-bond donors (Lipinski definition) is 0. The zero-order valence-corrected chi connectivity index (χ0v) is 13.8. The van der Waals surface area contributed by atoms with E-state index in [-0.39, 0.29) is 11.9 Å². The molecule has 0 radical (unpaired) electrons. The highest BCUT2D eigenvalue weighted by molar-refractivity contribution is 7.07. The van der Waals surface area contributed by atoms with Crippen LogP contribution in [-0.4, -0.2) is 38.2 Å². The van der Waals surface area contributed by atoms with Crippen LogP contribution in [0, 0.1) is 6.92 Å². The van der Waals surface area contributed by atoms with Crippen LogP contribution >= 0.6 is 11.3 Å². The van der Waals surface area contributed by atoms with Gasteiger partial charge in [-0.1, -0.05) is 0 Å². The highest BCUT2D eigenvalue weighted by Crippen LogP contribution is 2.20. The maximum absolute atomic E-state index is 12.6. The molecule has 1 amide bonds. The normalized spacial score (nSPS) is 18.6. The molecule has 6 heteroatoms. The summed E-state index contributed by atoms with van der Waals surface area (Å²) in [6, 6.07) is 0.274. The Morgan fingerprint density at radius 2 is 2.36 bits per heavy atom. The van der Waals surface area contributed by atoms with Gasteiger partial charge in [-0.3, -0.25) is 9.48 Å². The molecule has 1 aliphatic rings. The Balaban J connectivity index is 1.60. The number of rotatable bonds is 5. The molecule has 1 aliphatic heterocycles. The fraction of sp³-hybridized carbons (Fsp3) is 0.562. The third-order valence-corrected chi connectivity index (χ3v) is 4.82. The first kappa shape index (κ1) is 15.2. The molecule has 118 valence electrons. The summed E-state index contributed by atoms with van der Waals surface area (Å²) in [5, 5.41) is 6.38. The summed E-state index contributed by atoms with van der Waals surface area (Å²) >= 11 is 1.58. The van der Waals surface area contributed by atoms with Gasteiger partial charge in [0.2, 0.25) is 5.91 Å². The molecular weight excluding hydrogens is 296 g/mol. The van der Waals surface area contributed by atoms with E-state index in [9.17, 15) is 4.79 Å². The van der Waals surface area contributed by atoms with Gasteiger partial charge in [0.15, 0.2) is 0 Å². The Bertz CT molecular complexity index is 607. The van der Waals surface area contributed by atoms with Gasteiger partial charge in [-0.25, -0.2) is 4.98 Å². The van der Waals surface area contributed by atoms with Gasteiger partial charge in [-0.2, -0.15) is 5.10 Å². The number of carbonyl (C=O) groups is 1. The molecule has 22 heavy (non-hydrogen) atoms. The Morgan fingerprint density at radius 3 is 3.09 bits per heavy atom. The zero-order valence-electron chi connectivity index (χ0n) is 12.9. The quantitative estimate of drug-likeness (QED) is 0.851. The SMILES string of the molecule is Cc1cnn(C[C@@H]2CCCCN2C(=O)CCc2cscn2)c1. The summed E-state index contributed by atoms with van der Waals surface area (Å²) in [6.07, 6.45) is 8.59. The van der Waals surface area contributed by atoms with E-state index >= 15 is 0 Å². The molecule has 2 aromatic heterocycles. The van der Waals surface area contributed by atoms with E-state index in [2.05, 4.69) is 15.0 Å². The number of nitrogens with zero attached hydrogens (tertiary/aromatic N) is 4. The molecule has 0 unspecified atom stereocenters. The predicted octanol–water partition coefficient (Wildman–Crippen LogP) is 2.66. The minimum Gasteiger partial charge on any atom is -0.338 e. The van der Waals surface area contributed by atoms with Crippen LogP contribution in [0.1, 0.15) is 36.9 Å². The van der Waals surface area contributed by atoms with Gasteiger partial charge < -0.3 is 4.90 Å². The summed E-state index contributed by atoms with van der Waals surface area (Å²) in [4.78, 5) is 18.9. The van der Waals surface area contributed by atoms with Gasteiger partial charge >= 0.3 is 0 Å². The van der Waals surface area contributed by atoms with Crippen molar-refractivity contribution in [1.82, 2.24) is 19.7 Å². The van der Waals surface area contributed by atoms with Crippen LogP contribution < -0.4 is 0 Å². The van der Waals surface area contributed by atoms with Crippen LogP contribution in [0.4, 0.5) is 0 Å². The van der Waals surface area contributed by atoms with Crippen molar-refractivity contribution in [2.75, 3.05) is 6.54 Å². The Morgan fingerprint density at radius 1 is 1.45 bits per heavy atom. The Labute approximate surface area is 135 Å². The molecule has 1 fully saturated rings. The van der Waals surface area contributed by atoms with Crippen molar-refractivity contribution in [2.45, 2.75) is 51.6 Å². The fourth-order valence-electron chi connectivity index (χ4n) is 3.04. The molecule has 0 aliphatic carbocycles. The number of aromatic nitrogens is 3. The monoisotopic (exact) mass is 318 g/mol. The van der Waals surface area contributed by atoms with Crippen molar-refractivity contribution >= 4 is 17.2 Å². The molecule has 5 nitrogen and oxygen atoms in total. The summed E-state index contributed by atoms with van der Waals surface area (Å²) in [5.74, 6) is 0.251. The number of hydrogen-bond acceptors (Lipinski definition) is 4. The van der Waals surface area contributed by atoms with E-state index in [1.165, 1.54) is 6.42 Å². The second-order valence-electron chi connectivity index (χ2n) is 5.96. The lowest BCUT2D eigenvalue weighted by Gasteiger charge is -2.35. The number of piperidine rings is 1. The van der Waals surface area contributed by atoms with Crippen molar-refractivity contribution in [2.24, 2.45) is 0 Å². The molecule has 0 aromatic carbocycles. The van der Waals surface area contributed by atoms with Crippen LogP contribution in [-0.2, 0) is 17.8 Å². The maximum atomic E-state index is 12.6. The van der Waals surface area contributed by atoms with Crippen molar-refractivity contribution in [1.29, 1.82) is 0 Å². The second-order valence-corrected chi connectivity index (χ2v) is 6.67. The van der Waals surface area contributed by atoms with E-state index in [0.717, 1.165) is 43.6 Å². The van der Waals surface area contributed by atoms with Gasteiger partial charge in [0.05, 0.1) is 30.0 Å². The highest BCUT2D eigenvalue weighted by atomic mass is 32.1. The molecule has 0 spiro atoms. The summed E-state index contributed by atoms with van der Waals surface area (Å²) in [5.41, 5.74) is 4.01. The van der Waals surface area contributed by atoms with E-state index in [4.69, 9.17) is 0 Å². The lowest BCUT2D eigenvalue weighted by Crippen LogP contribution is -2.46. The fourth-order valence-corrected chi connectivity index (χ4v) is 3.63. The first-order valence-electron chi connectivity index (χ1n) is 7.88. The molecule has 0 N–H and O–H groups in total. The van der Waals surface area contributed by atoms with Crippen LogP contribution in [0.15, 0.2) is 23.3 Å². The van der Waals surface area contributed by atoms with Crippen molar-refractivity contribution in [3.05, 3.63) is 34.5 Å². The van der Waals surface area contributed by atoms with Crippen molar-refractivity contribution in [3.63, 3.8) is 0 Å². The lowest BCUT2D eigenvalue weighted by molar-refractivity contribution is -0.135. The topological polar surface area (TPSA) is 51.0 Å². The first-order valence-corrected chi connectivity index (χ1v) is 8.82. The second kappa shape index (κ2) is 7.05. The van der Waals surface area contributed by atoms with Gasteiger partial charge in [-0.05, 0) is 38.2 Å². The average Bonchev–Trinajstić information content (AvgIpc) is 3.17. The van der Waals surface area contributed by atoms with Crippen LogP contribution in [0.25, 0.3) is 0 Å². The Hall–Kier alpha value is -1.69. The summed E-state index contributed by atoms with van der Waals surface area (Å²) < 4.78 is 1.96. The van der Waals surface area contributed by atoms with Gasteiger partial charge in [0.1, 0.15) is 0 Å². The number of carbonyl (C=O) groups excluding carboxylic acids is 1. The number of thiazole rings is 1. The molecule has 2 aromatic rings. The maximum Gasteiger partial charge on any atom is 0.223 e. The van der Waals surface area contributed by atoms with Crippen molar-refractivity contribution < 1.29 is 4.79 Å². The smallest absolute Gasteiger partial charge is 0.223 e. The van der Waals surface area contributed by atoms with Gasteiger partial charge in [0.25, 0.3) is 0 Å². The van der Waals surface area contributed by atoms with E-state index < -0.39 is 0 Å². The third-order valence-electron chi connectivity index (χ3n) is 4.19. The lowest BCUT2D eigenvalue weighted by atomic mass is 10.0. The standard InChI is InChI=1S/C16H22N4OS/c1-13-8-18-19(9-13)10-15-4-2-3-7-20(15)16(21)6-5-14-11-22-12-17-14/h8-9,11-12,15H,2-7,10H2,1H3/t15-/m0/s1. The summed E-state index contributed by atoms with van der Waals surface area (Å²) in [7, 11) is 0.